The summed E-state index contributed by atoms with van der Waals surface area (Å²) in [5.41, 5.74) is 0.258. The highest BCUT2D eigenvalue weighted by molar-refractivity contribution is 9.10. The van der Waals surface area contributed by atoms with Gasteiger partial charge in [-0.05, 0) is 46.3 Å². The molecule has 5 nitrogen and oxygen atoms in total. The Morgan fingerprint density at radius 3 is 2.36 bits per heavy atom. The van der Waals surface area contributed by atoms with Gasteiger partial charge in [0.15, 0.2) is 13.2 Å². The van der Waals surface area contributed by atoms with Gasteiger partial charge in [0.25, 0.3) is 5.91 Å². The standard InChI is InChI=1S/C16H11BrCl3NO4/c17-10-6-9(18)4-5-13(10)24-8-15(23)25-7-14(22)21-16-11(19)2-1-3-12(16)20/h1-6H,7-8H2,(H,21,22). The van der Waals surface area contributed by atoms with Crippen molar-refractivity contribution in [1.82, 2.24) is 0 Å². The number of hydrogen-bond acceptors (Lipinski definition) is 4. The van der Waals surface area contributed by atoms with Gasteiger partial charge in [-0.1, -0.05) is 40.9 Å². The van der Waals surface area contributed by atoms with Crippen LogP contribution in [-0.2, 0) is 14.3 Å². The van der Waals surface area contributed by atoms with E-state index in [0.717, 1.165) is 0 Å². The summed E-state index contributed by atoms with van der Waals surface area (Å²) in [5.74, 6) is -0.855. The van der Waals surface area contributed by atoms with Gasteiger partial charge in [0.2, 0.25) is 0 Å². The lowest BCUT2D eigenvalue weighted by Gasteiger charge is -2.10. The summed E-state index contributed by atoms with van der Waals surface area (Å²) in [7, 11) is 0. The number of nitrogens with one attached hydrogen (secondary N) is 1. The average Bonchev–Trinajstić information content (AvgIpc) is 2.55. The zero-order valence-corrected chi connectivity index (χ0v) is 16.4. The Hall–Kier alpha value is -1.47. The third-order valence-corrected chi connectivity index (χ3v) is 4.32. The molecule has 0 heterocycles. The van der Waals surface area contributed by atoms with E-state index in [2.05, 4.69) is 21.2 Å². The molecule has 2 aromatic rings. The molecule has 0 bridgehead atoms. The Bertz CT molecular complexity index is 781. The lowest BCUT2D eigenvalue weighted by molar-refractivity contribution is -0.149. The molecule has 25 heavy (non-hydrogen) atoms. The Morgan fingerprint density at radius 2 is 1.72 bits per heavy atom. The molecular formula is C16H11BrCl3NO4. The van der Waals surface area contributed by atoms with E-state index in [-0.39, 0.29) is 22.3 Å². The second-order valence-electron chi connectivity index (χ2n) is 4.67. The summed E-state index contributed by atoms with van der Waals surface area (Å²) in [6.45, 7) is -0.855. The van der Waals surface area contributed by atoms with Crippen molar-refractivity contribution in [3.05, 3.63) is 55.9 Å². The summed E-state index contributed by atoms with van der Waals surface area (Å²) >= 11 is 20.9. The van der Waals surface area contributed by atoms with Gasteiger partial charge in [0, 0.05) is 5.02 Å². The number of rotatable bonds is 6. The van der Waals surface area contributed by atoms with E-state index in [1.165, 1.54) is 0 Å². The fraction of sp³-hybridized carbons (Fsp3) is 0.125. The first-order chi connectivity index (χ1) is 11.9. The van der Waals surface area contributed by atoms with Crippen molar-refractivity contribution >= 4 is 68.3 Å². The third kappa shape index (κ3) is 6.08. The van der Waals surface area contributed by atoms with Crippen LogP contribution < -0.4 is 10.1 Å². The number of halogens is 4. The fourth-order valence-electron chi connectivity index (χ4n) is 1.71. The summed E-state index contributed by atoms with van der Waals surface area (Å²) < 4.78 is 10.7. The molecule has 0 radical (unpaired) electrons. The summed E-state index contributed by atoms with van der Waals surface area (Å²) in [6.07, 6.45) is 0. The van der Waals surface area contributed by atoms with Crippen LogP contribution in [0.2, 0.25) is 15.1 Å². The number of carbonyl (C=O) groups excluding carboxylic acids is 2. The lowest BCUT2D eigenvalue weighted by atomic mass is 10.3. The maximum Gasteiger partial charge on any atom is 0.344 e. The van der Waals surface area contributed by atoms with Crippen LogP contribution in [0.15, 0.2) is 40.9 Å². The highest BCUT2D eigenvalue weighted by Gasteiger charge is 2.13. The maximum absolute atomic E-state index is 11.8. The van der Waals surface area contributed by atoms with E-state index in [1.54, 1.807) is 36.4 Å². The molecule has 0 saturated heterocycles. The van der Waals surface area contributed by atoms with E-state index in [1.807, 2.05) is 0 Å². The van der Waals surface area contributed by atoms with Gasteiger partial charge in [-0.3, -0.25) is 4.79 Å². The van der Waals surface area contributed by atoms with Crippen molar-refractivity contribution < 1.29 is 19.1 Å². The SMILES string of the molecule is O=C(COC(=O)COc1ccc(Cl)cc1Br)Nc1c(Cl)cccc1Cl. The minimum absolute atomic E-state index is 0.258. The Labute approximate surface area is 167 Å². The van der Waals surface area contributed by atoms with Gasteiger partial charge in [-0.15, -0.1) is 0 Å². The Kier molecular flexibility index (Phi) is 7.38. The third-order valence-electron chi connectivity index (χ3n) is 2.83. The quantitative estimate of drug-likeness (QED) is 0.610. The van der Waals surface area contributed by atoms with Gasteiger partial charge in [-0.25, -0.2) is 4.79 Å². The van der Waals surface area contributed by atoms with E-state index in [9.17, 15) is 9.59 Å². The van der Waals surface area contributed by atoms with Crippen molar-refractivity contribution in [2.45, 2.75) is 0 Å². The molecule has 0 aliphatic carbocycles. The first-order valence-electron chi connectivity index (χ1n) is 6.84. The van der Waals surface area contributed by atoms with Crippen LogP contribution in [0.4, 0.5) is 5.69 Å². The van der Waals surface area contributed by atoms with Crippen LogP contribution in [0, 0.1) is 0 Å². The van der Waals surface area contributed by atoms with Crippen LogP contribution in [0.3, 0.4) is 0 Å². The van der Waals surface area contributed by atoms with Gasteiger partial charge >= 0.3 is 5.97 Å². The van der Waals surface area contributed by atoms with E-state index in [0.29, 0.717) is 15.2 Å². The number of hydrogen-bond donors (Lipinski definition) is 1. The minimum Gasteiger partial charge on any atom is -0.481 e. The van der Waals surface area contributed by atoms with Crippen molar-refractivity contribution in [2.75, 3.05) is 18.5 Å². The maximum atomic E-state index is 11.8. The largest absolute Gasteiger partial charge is 0.481 e. The summed E-state index contributed by atoms with van der Waals surface area (Å²) in [4.78, 5) is 23.5. The van der Waals surface area contributed by atoms with Gasteiger partial charge in [0.1, 0.15) is 5.75 Å². The number of ether oxygens (including phenoxy) is 2. The molecule has 0 unspecified atom stereocenters. The van der Waals surface area contributed by atoms with E-state index in [4.69, 9.17) is 44.3 Å². The van der Waals surface area contributed by atoms with Crippen molar-refractivity contribution in [1.29, 1.82) is 0 Å². The Balaban J connectivity index is 1.80. The molecular weight excluding hydrogens is 456 g/mol. The predicted molar refractivity (Wildman–Crippen MR) is 101 cm³/mol. The number of benzene rings is 2. The smallest absolute Gasteiger partial charge is 0.344 e. The first-order valence-corrected chi connectivity index (χ1v) is 8.77. The normalized spacial score (nSPS) is 10.2. The molecule has 0 aromatic heterocycles. The van der Waals surface area contributed by atoms with Gasteiger partial charge in [-0.2, -0.15) is 0 Å². The Morgan fingerprint density at radius 1 is 1.04 bits per heavy atom. The zero-order chi connectivity index (χ0) is 18.4. The monoisotopic (exact) mass is 465 g/mol. The highest BCUT2D eigenvalue weighted by Crippen LogP contribution is 2.30. The summed E-state index contributed by atoms with van der Waals surface area (Å²) in [5, 5.41) is 3.57. The molecule has 0 fully saturated rings. The minimum atomic E-state index is -0.706. The fourth-order valence-corrected chi connectivity index (χ4v) is 3.00. The zero-order valence-electron chi connectivity index (χ0n) is 12.5. The van der Waals surface area contributed by atoms with E-state index < -0.39 is 18.5 Å². The van der Waals surface area contributed by atoms with Crippen LogP contribution in [0.1, 0.15) is 0 Å². The lowest BCUT2D eigenvalue weighted by Crippen LogP contribution is -2.24. The molecule has 132 valence electrons. The molecule has 0 saturated carbocycles. The number of para-hydroxylation sites is 1. The highest BCUT2D eigenvalue weighted by atomic mass is 79.9. The molecule has 9 heteroatoms. The molecule has 0 aliphatic heterocycles. The van der Waals surface area contributed by atoms with Gasteiger partial charge in [0.05, 0.1) is 20.2 Å². The number of carbonyl (C=O) groups is 2. The van der Waals surface area contributed by atoms with Crippen LogP contribution >= 0.6 is 50.7 Å². The average molecular weight is 468 g/mol. The summed E-state index contributed by atoms with van der Waals surface area (Å²) in [6, 6.07) is 9.65. The van der Waals surface area contributed by atoms with Gasteiger partial charge < -0.3 is 14.8 Å². The second kappa shape index (κ2) is 9.29. The molecule has 2 aromatic carbocycles. The molecule has 0 spiro atoms. The van der Waals surface area contributed by atoms with Crippen LogP contribution in [-0.4, -0.2) is 25.1 Å². The topological polar surface area (TPSA) is 64.6 Å². The molecule has 0 aliphatic rings. The number of anilines is 1. The van der Waals surface area contributed by atoms with Crippen molar-refractivity contribution in [3.63, 3.8) is 0 Å². The number of esters is 1. The van der Waals surface area contributed by atoms with Crippen LogP contribution in [0.25, 0.3) is 0 Å². The number of amides is 1. The second-order valence-corrected chi connectivity index (χ2v) is 6.77. The predicted octanol–water partition coefficient (Wildman–Crippen LogP) is 4.97. The molecule has 0 atom stereocenters. The molecule has 1 amide bonds. The van der Waals surface area contributed by atoms with E-state index >= 15 is 0 Å². The van der Waals surface area contributed by atoms with Crippen molar-refractivity contribution in [2.24, 2.45) is 0 Å². The first kappa shape index (κ1) is 19.8. The molecule has 2 rings (SSSR count). The van der Waals surface area contributed by atoms with Crippen molar-refractivity contribution in [3.8, 4) is 5.75 Å². The van der Waals surface area contributed by atoms with Crippen LogP contribution in [0.5, 0.6) is 5.75 Å². The molecule has 1 N–H and O–H groups in total.